The Morgan fingerprint density at radius 3 is 2.81 bits per heavy atom. The number of aliphatic hydroxyl groups is 1. The number of halogens is 1. The molecule has 142 valence electrons. The number of methoxy groups -OCH3 is 1. The van der Waals surface area contributed by atoms with E-state index in [2.05, 4.69) is 6.58 Å². The fraction of sp³-hybridized carbons (Fsp3) is 0.800. The molecule has 5 rings (SSSR count). The van der Waals surface area contributed by atoms with Gasteiger partial charge in [0, 0.05) is 17.3 Å². The summed E-state index contributed by atoms with van der Waals surface area (Å²) in [5.41, 5.74) is -2.42. The van der Waals surface area contributed by atoms with E-state index in [1.54, 1.807) is 6.92 Å². The Bertz CT molecular complexity index is 736. The average molecular weight is 364 g/mol. The SMILES string of the molecule is C=C1[C@@H]2CCC3[C@@]45CC[C@H](O)[C@@](C)(C(=O)O4)C5[C@H](C(=O)OC)[C@]3(C2)[C@H]1F. The summed E-state index contributed by atoms with van der Waals surface area (Å²) in [4.78, 5) is 25.8. The van der Waals surface area contributed by atoms with E-state index in [-0.39, 0.29) is 11.8 Å². The van der Waals surface area contributed by atoms with Gasteiger partial charge in [-0.05, 0) is 50.5 Å². The van der Waals surface area contributed by atoms with Crippen LogP contribution in [0.3, 0.4) is 0 Å². The van der Waals surface area contributed by atoms with Gasteiger partial charge in [-0.3, -0.25) is 9.59 Å². The lowest BCUT2D eigenvalue weighted by molar-refractivity contribution is -0.165. The number of hydrogen-bond acceptors (Lipinski definition) is 5. The monoisotopic (exact) mass is 364 g/mol. The highest BCUT2D eigenvalue weighted by molar-refractivity contribution is 5.86. The van der Waals surface area contributed by atoms with Crippen LogP contribution in [0.5, 0.6) is 0 Å². The van der Waals surface area contributed by atoms with Gasteiger partial charge in [0.1, 0.15) is 11.8 Å². The lowest BCUT2D eigenvalue weighted by Crippen LogP contribution is -2.53. The van der Waals surface area contributed by atoms with Crippen LogP contribution in [0, 0.1) is 34.5 Å². The van der Waals surface area contributed by atoms with Crippen molar-refractivity contribution in [1.82, 2.24) is 0 Å². The molecule has 1 spiro atoms. The van der Waals surface area contributed by atoms with Crippen LogP contribution in [0.1, 0.15) is 39.0 Å². The van der Waals surface area contributed by atoms with E-state index in [1.807, 2.05) is 0 Å². The molecule has 0 aromatic rings. The van der Waals surface area contributed by atoms with E-state index in [0.717, 1.165) is 6.42 Å². The number of hydrogen-bond donors (Lipinski definition) is 1. The fourth-order valence-electron chi connectivity index (χ4n) is 7.73. The quantitative estimate of drug-likeness (QED) is 0.570. The van der Waals surface area contributed by atoms with Crippen LogP contribution in [0.2, 0.25) is 0 Å². The molecule has 4 bridgehead atoms. The molecule has 2 unspecified atom stereocenters. The normalized spacial score (nSPS) is 56.8. The van der Waals surface area contributed by atoms with E-state index in [0.29, 0.717) is 31.3 Å². The van der Waals surface area contributed by atoms with E-state index in [9.17, 15) is 14.7 Å². The maximum absolute atomic E-state index is 15.7. The maximum atomic E-state index is 15.7. The molecule has 4 saturated carbocycles. The Hall–Kier alpha value is -1.43. The Morgan fingerprint density at radius 2 is 2.12 bits per heavy atom. The second-order valence-electron chi connectivity index (χ2n) is 9.24. The van der Waals surface area contributed by atoms with Gasteiger partial charge in [-0.25, -0.2) is 4.39 Å². The maximum Gasteiger partial charge on any atom is 0.315 e. The van der Waals surface area contributed by atoms with Gasteiger partial charge in [0.05, 0.1) is 24.5 Å². The zero-order chi connectivity index (χ0) is 18.6. The predicted molar refractivity (Wildman–Crippen MR) is 88.5 cm³/mol. The van der Waals surface area contributed by atoms with E-state index < -0.39 is 52.5 Å². The molecule has 26 heavy (non-hydrogen) atoms. The zero-order valence-corrected chi connectivity index (χ0v) is 15.2. The molecule has 6 heteroatoms. The number of carbonyl (C=O) groups excluding carboxylic acids is 2. The van der Waals surface area contributed by atoms with Crippen molar-refractivity contribution < 1.29 is 28.6 Å². The summed E-state index contributed by atoms with van der Waals surface area (Å²) in [5, 5.41) is 10.7. The second-order valence-corrected chi connectivity index (χ2v) is 9.24. The highest BCUT2D eigenvalue weighted by Crippen LogP contribution is 2.78. The standard InChI is InChI=1S/C20H25FO5/c1-9-10-4-5-11-19(8-10,15(9)21)13(16(23)25-3)14-18(2)12(22)6-7-20(11,14)26-17(18)24/h10-15,22H,1,4-8H2,2-3H3/t10-,11?,12+,13-,14?,15+,18-,19-,20-/m1/s1. The van der Waals surface area contributed by atoms with Gasteiger partial charge >= 0.3 is 11.9 Å². The minimum Gasteiger partial charge on any atom is -0.469 e. The highest BCUT2D eigenvalue weighted by atomic mass is 19.1. The molecule has 5 aliphatic rings. The number of ether oxygens (including phenoxy) is 2. The first kappa shape index (κ1) is 16.7. The van der Waals surface area contributed by atoms with Crippen molar-refractivity contribution in [2.45, 2.75) is 56.9 Å². The van der Waals surface area contributed by atoms with Crippen molar-refractivity contribution >= 4 is 11.9 Å². The smallest absolute Gasteiger partial charge is 0.315 e. The molecule has 9 atom stereocenters. The number of alkyl halides is 1. The minimum atomic E-state index is -1.30. The lowest BCUT2D eigenvalue weighted by atomic mass is 9.59. The van der Waals surface area contributed by atoms with Crippen LogP contribution in [0.4, 0.5) is 4.39 Å². The summed E-state index contributed by atoms with van der Waals surface area (Å²) >= 11 is 0. The van der Waals surface area contributed by atoms with E-state index in [1.165, 1.54) is 7.11 Å². The number of esters is 2. The summed E-state index contributed by atoms with van der Waals surface area (Å²) in [6.45, 7) is 5.68. The van der Waals surface area contributed by atoms with Gasteiger partial charge < -0.3 is 14.6 Å². The van der Waals surface area contributed by atoms with Crippen LogP contribution in [0.15, 0.2) is 12.2 Å². The van der Waals surface area contributed by atoms with Crippen LogP contribution in [-0.2, 0) is 19.1 Å². The second kappa shape index (κ2) is 4.70. The molecule has 0 aromatic carbocycles. The molecule has 1 heterocycles. The first-order valence-corrected chi connectivity index (χ1v) is 9.57. The predicted octanol–water partition coefficient (Wildman–Crippen LogP) is 2.17. The summed E-state index contributed by atoms with van der Waals surface area (Å²) in [6.07, 6.45) is 0.796. The molecule has 4 aliphatic carbocycles. The first-order valence-electron chi connectivity index (χ1n) is 9.57. The summed E-state index contributed by atoms with van der Waals surface area (Å²) in [5.74, 6) is -2.44. The molecule has 0 amide bonds. The molecular formula is C20H25FO5. The molecule has 5 nitrogen and oxygen atoms in total. The molecule has 5 fully saturated rings. The van der Waals surface area contributed by atoms with Gasteiger partial charge in [-0.2, -0.15) is 0 Å². The van der Waals surface area contributed by atoms with Crippen LogP contribution in [-0.4, -0.2) is 42.0 Å². The van der Waals surface area contributed by atoms with Gasteiger partial charge in [0.2, 0.25) is 0 Å². The lowest BCUT2D eigenvalue weighted by Gasteiger charge is -2.44. The van der Waals surface area contributed by atoms with Gasteiger partial charge in [0.15, 0.2) is 0 Å². The largest absolute Gasteiger partial charge is 0.469 e. The van der Waals surface area contributed by atoms with Gasteiger partial charge in [0.25, 0.3) is 0 Å². The molecule has 1 aliphatic heterocycles. The number of allylic oxidation sites excluding steroid dienone is 1. The van der Waals surface area contributed by atoms with E-state index in [4.69, 9.17) is 9.47 Å². The number of rotatable bonds is 1. The van der Waals surface area contributed by atoms with Crippen LogP contribution < -0.4 is 0 Å². The number of aliphatic hydroxyl groups excluding tert-OH is 1. The molecule has 1 N–H and O–H groups in total. The molecule has 0 aromatic heterocycles. The molecule has 0 radical (unpaired) electrons. The van der Waals surface area contributed by atoms with Crippen molar-refractivity contribution in [3.05, 3.63) is 12.2 Å². The van der Waals surface area contributed by atoms with Crippen LogP contribution in [0.25, 0.3) is 0 Å². The Kier molecular flexibility index (Phi) is 3.02. The number of fused-ring (bicyclic) bond motifs is 1. The van der Waals surface area contributed by atoms with Crippen LogP contribution >= 0.6 is 0 Å². The summed E-state index contributed by atoms with van der Waals surface area (Å²) in [7, 11) is 1.31. The zero-order valence-electron chi connectivity index (χ0n) is 15.2. The molecule has 1 saturated heterocycles. The summed E-state index contributed by atoms with van der Waals surface area (Å²) < 4.78 is 26.8. The third kappa shape index (κ3) is 1.43. The Labute approximate surface area is 151 Å². The highest BCUT2D eigenvalue weighted by Gasteiger charge is 2.85. The Morgan fingerprint density at radius 1 is 1.38 bits per heavy atom. The third-order valence-electron chi connectivity index (χ3n) is 8.73. The van der Waals surface area contributed by atoms with Crippen molar-refractivity contribution in [3.8, 4) is 0 Å². The first-order chi connectivity index (χ1) is 12.2. The number of carbonyl (C=O) groups is 2. The third-order valence-corrected chi connectivity index (χ3v) is 8.73. The van der Waals surface area contributed by atoms with E-state index >= 15 is 4.39 Å². The average Bonchev–Trinajstić information content (AvgIpc) is 3.07. The topological polar surface area (TPSA) is 72.8 Å². The van der Waals surface area contributed by atoms with Gasteiger partial charge in [-0.15, -0.1) is 0 Å². The molecular weight excluding hydrogens is 339 g/mol. The summed E-state index contributed by atoms with van der Waals surface area (Å²) in [6, 6.07) is 0. The Balaban J connectivity index is 1.78. The van der Waals surface area contributed by atoms with Crippen molar-refractivity contribution in [2.24, 2.45) is 34.5 Å². The van der Waals surface area contributed by atoms with Crippen molar-refractivity contribution in [1.29, 1.82) is 0 Å². The van der Waals surface area contributed by atoms with Gasteiger partial charge in [-0.1, -0.05) is 6.58 Å². The fourth-order valence-corrected chi connectivity index (χ4v) is 7.73. The minimum absolute atomic E-state index is 0.0666. The van der Waals surface area contributed by atoms with Crippen molar-refractivity contribution in [3.63, 3.8) is 0 Å². The van der Waals surface area contributed by atoms with Crippen molar-refractivity contribution in [2.75, 3.05) is 7.11 Å².